The zero-order valence-corrected chi connectivity index (χ0v) is 13.5. The number of hydrogen-bond acceptors (Lipinski definition) is 2. The Kier molecular flexibility index (Phi) is 4.86. The number of sulfonamides is 1. The lowest BCUT2D eigenvalue weighted by atomic mass is 9.97. The van der Waals surface area contributed by atoms with E-state index in [4.69, 9.17) is 0 Å². The van der Waals surface area contributed by atoms with Gasteiger partial charge < -0.3 is 0 Å². The van der Waals surface area contributed by atoms with Crippen molar-refractivity contribution in [2.45, 2.75) is 50.8 Å². The van der Waals surface area contributed by atoms with Gasteiger partial charge >= 0.3 is 0 Å². The molecule has 4 heteroatoms. The molecule has 1 saturated heterocycles. The lowest BCUT2D eigenvalue weighted by Crippen LogP contribution is -2.39. The van der Waals surface area contributed by atoms with Crippen molar-refractivity contribution in [3.63, 3.8) is 0 Å². The molecule has 1 aliphatic heterocycles. The second-order valence-corrected chi connectivity index (χ2v) is 7.94. The van der Waals surface area contributed by atoms with Crippen LogP contribution in [0.2, 0.25) is 0 Å². The quantitative estimate of drug-likeness (QED) is 0.850. The molecule has 1 atom stereocenters. The number of piperidine rings is 1. The minimum Gasteiger partial charge on any atom is -0.207 e. The van der Waals surface area contributed by atoms with Gasteiger partial charge in [0.05, 0.1) is 4.90 Å². The van der Waals surface area contributed by atoms with E-state index in [1.54, 1.807) is 16.4 Å². The van der Waals surface area contributed by atoms with Crippen LogP contribution < -0.4 is 0 Å². The normalized spacial score (nSPS) is 21.3. The maximum Gasteiger partial charge on any atom is 0.243 e. The smallest absolute Gasteiger partial charge is 0.207 e. The Morgan fingerprint density at radius 3 is 2.45 bits per heavy atom. The fourth-order valence-electron chi connectivity index (χ4n) is 2.75. The van der Waals surface area contributed by atoms with Crippen molar-refractivity contribution in [3.8, 4) is 0 Å². The summed E-state index contributed by atoms with van der Waals surface area (Å²) in [4.78, 5) is 0.429. The highest BCUT2D eigenvalue weighted by atomic mass is 32.2. The van der Waals surface area contributed by atoms with E-state index in [1.807, 2.05) is 12.1 Å². The number of nitrogens with zero attached hydrogens (tertiary/aromatic N) is 1. The highest BCUT2D eigenvalue weighted by molar-refractivity contribution is 7.89. The molecule has 1 unspecified atom stereocenters. The number of rotatable bonds is 4. The number of benzene rings is 1. The van der Waals surface area contributed by atoms with E-state index >= 15 is 0 Å². The van der Waals surface area contributed by atoms with Crippen LogP contribution in [0.1, 0.15) is 51.5 Å². The molecule has 0 spiro atoms. The molecular weight excluding hydrogens is 270 g/mol. The zero-order valence-electron chi connectivity index (χ0n) is 12.7. The third kappa shape index (κ3) is 3.23. The van der Waals surface area contributed by atoms with Gasteiger partial charge in [-0.15, -0.1) is 0 Å². The third-order valence-corrected chi connectivity index (χ3v) is 6.12. The molecule has 0 radical (unpaired) electrons. The summed E-state index contributed by atoms with van der Waals surface area (Å²) in [5.41, 5.74) is 1.18. The summed E-state index contributed by atoms with van der Waals surface area (Å²) >= 11 is 0. The molecule has 1 fully saturated rings. The average Bonchev–Trinajstić information content (AvgIpc) is 2.47. The third-order valence-electron chi connectivity index (χ3n) is 4.24. The molecule has 1 heterocycles. The van der Waals surface area contributed by atoms with E-state index in [0.29, 0.717) is 29.8 Å². The number of hydrogen-bond donors (Lipinski definition) is 0. The molecule has 0 aliphatic carbocycles. The molecule has 0 aromatic heterocycles. The molecule has 2 rings (SSSR count). The molecule has 0 saturated carbocycles. The summed E-state index contributed by atoms with van der Waals surface area (Å²) < 4.78 is 27.0. The summed E-state index contributed by atoms with van der Waals surface area (Å²) in [6, 6.07) is 7.36. The van der Waals surface area contributed by atoms with Gasteiger partial charge in [-0.25, -0.2) is 8.42 Å². The van der Waals surface area contributed by atoms with Gasteiger partial charge in [0.1, 0.15) is 0 Å². The van der Waals surface area contributed by atoms with Gasteiger partial charge in [0, 0.05) is 13.1 Å². The first-order valence-corrected chi connectivity index (χ1v) is 8.99. The van der Waals surface area contributed by atoms with E-state index in [2.05, 4.69) is 20.8 Å². The van der Waals surface area contributed by atoms with Gasteiger partial charge in [-0.1, -0.05) is 39.3 Å². The first kappa shape index (κ1) is 15.5. The largest absolute Gasteiger partial charge is 0.243 e. The Morgan fingerprint density at radius 2 is 1.90 bits per heavy atom. The predicted octanol–water partition coefficient (Wildman–Crippen LogP) is 3.62. The maximum absolute atomic E-state index is 12.7. The van der Waals surface area contributed by atoms with Gasteiger partial charge in [0.15, 0.2) is 0 Å². The first-order valence-electron chi connectivity index (χ1n) is 7.55. The van der Waals surface area contributed by atoms with Crippen LogP contribution in [0.25, 0.3) is 0 Å². The molecule has 20 heavy (non-hydrogen) atoms. The molecule has 1 aliphatic rings. The second kappa shape index (κ2) is 6.27. The van der Waals surface area contributed by atoms with Crippen molar-refractivity contribution in [2.75, 3.05) is 13.1 Å². The second-order valence-electron chi connectivity index (χ2n) is 6.00. The fraction of sp³-hybridized carbons (Fsp3) is 0.625. The predicted molar refractivity (Wildman–Crippen MR) is 82.3 cm³/mol. The molecular formula is C16H25NO2S. The van der Waals surface area contributed by atoms with Gasteiger partial charge in [0.2, 0.25) is 10.0 Å². The van der Waals surface area contributed by atoms with Crippen molar-refractivity contribution >= 4 is 10.0 Å². The van der Waals surface area contributed by atoms with Crippen molar-refractivity contribution in [1.82, 2.24) is 4.31 Å². The van der Waals surface area contributed by atoms with E-state index in [-0.39, 0.29) is 0 Å². The molecule has 112 valence electrons. The van der Waals surface area contributed by atoms with Crippen molar-refractivity contribution < 1.29 is 8.42 Å². The molecule has 1 aromatic rings. The van der Waals surface area contributed by atoms with Gasteiger partial charge in [-0.2, -0.15) is 4.31 Å². The van der Waals surface area contributed by atoms with Gasteiger partial charge in [-0.3, -0.25) is 0 Å². The van der Waals surface area contributed by atoms with Crippen LogP contribution in [-0.4, -0.2) is 25.8 Å². The molecule has 0 amide bonds. The topological polar surface area (TPSA) is 37.4 Å². The molecule has 1 aromatic carbocycles. The SMILES string of the molecule is CCC1CCCN(S(=O)(=O)c2ccc(C(C)C)cc2)C1. The lowest BCUT2D eigenvalue weighted by Gasteiger charge is -2.31. The lowest BCUT2D eigenvalue weighted by molar-refractivity contribution is 0.261. The summed E-state index contributed by atoms with van der Waals surface area (Å²) in [6.07, 6.45) is 3.18. The van der Waals surface area contributed by atoms with Crippen LogP contribution in [0.15, 0.2) is 29.2 Å². The van der Waals surface area contributed by atoms with Gasteiger partial charge in [0.25, 0.3) is 0 Å². The van der Waals surface area contributed by atoms with Crippen molar-refractivity contribution in [1.29, 1.82) is 0 Å². The van der Waals surface area contributed by atoms with Crippen molar-refractivity contribution in [3.05, 3.63) is 29.8 Å². The maximum atomic E-state index is 12.7. The Balaban J connectivity index is 2.21. The Morgan fingerprint density at radius 1 is 1.25 bits per heavy atom. The molecule has 0 N–H and O–H groups in total. The molecule has 3 nitrogen and oxygen atoms in total. The fourth-order valence-corrected chi connectivity index (χ4v) is 4.31. The van der Waals surface area contributed by atoms with Crippen LogP contribution in [0.4, 0.5) is 0 Å². The van der Waals surface area contributed by atoms with E-state index in [9.17, 15) is 8.42 Å². The summed E-state index contributed by atoms with van der Waals surface area (Å²) in [5.74, 6) is 0.930. The standard InChI is InChI=1S/C16H25NO2S/c1-4-14-6-5-11-17(12-14)20(18,19)16-9-7-15(8-10-16)13(2)3/h7-10,13-14H,4-6,11-12H2,1-3H3. The van der Waals surface area contributed by atoms with Crippen LogP contribution >= 0.6 is 0 Å². The van der Waals surface area contributed by atoms with Crippen LogP contribution in [0.5, 0.6) is 0 Å². The van der Waals surface area contributed by atoms with Crippen LogP contribution in [0.3, 0.4) is 0 Å². The Hall–Kier alpha value is -0.870. The highest BCUT2D eigenvalue weighted by Crippen LogP contribution is 2.26. The van der Waals surface area contributed by atoms with Gasteiger partial charge in [-0.05, 0) is 42.4 Å². The Bertz CT molecular complexity index is 534. The summed E-state index contributed by atoms with van der Waals surface area (Å²) in [7, 11) is -3.31. The van der Waals surface area contributed by atoms with E-state index in [0.717, 1.165) is 19.3 Å². The zero-order chi connectivity index (χ0) is 14.8. The average molecular weight is 295 g/mol. The summed E-state index contributed by atoms with van der Waals surface area (Å²) in [6.45, 7) is 7.69. The highest BCUT2D eigenvalue weighted by Gasteiger charge is 2.29. The minimum atomic E-state index is -3.31. The van der Waals surface area contributed by atoms with E-state index < -0.39 is 10.0 Å². The van der Waals surface area contributed by atoms with Crippen LogP contribution in [-0.2, 0) is 10.0 Å². The Labute approximate surface area is 123 Å². The first-order chi connectivity index (χ1) is 9.45. The van der Waals surface area contributed by atoms with Crippen LogP contribution in [0, 0.1) is 5.92 Å². The minimum absolute atomic E-state index is 0.422. The summed E-state index contributed by atoms with van der Waals surface area (Å²) in [5, 5.41) is 0. The molecule has 0 bridgehead atoms. The van der Waals surface area contributed by atoms with E-state index in [1.165, 1.54) is 5.56 Å². The van der Waals surface area contributed by atoms with Crippen molar-refractivity contribution in [2.24, 2.45) is 5.92 Å². The monoisotopic (exact) mass is 295 g/mol.